The highest BCUT2D eigenvalue weighted by Crippen LogP contribution is 2.57. The van der Waals surface area contributed by atoms with Gasteiger partial charge in [0, 0.05) is 76.4 Å². The van der Waals surface area contributed by atoms with Crippen LogP contribution in [-0.4, -0.2) is 48.6 Å². The van der Waals surface area contributed by atoms with E-state index in [1.807, 2.05) is 72.8 Å². The molecule has 0 spiro atoms. The maximum atomic E-state index is 5.32. The van der Waals surface area contributed by atoms with Gasteiger partial charge in [0.1, 0.15) is 5.69 Å². The van der Waals surface area contributed by atoms with Crippen molar-refractivity contribution in [3.63, 3.8) is 0 Å². The van der Waals surface area contributed by atoms with Crippen molar-refractivity contribution in [1.29, 1.82) is 0 Å². The lowest BCUT2D eigenvalue weighted by Crippen LogP contribution is -2.14. The van der Waals surface area contributed by atoms with Crippen LogP contribution in [0, 0.1) is 0 Å². The third-order valence-electron chi connectivity index (χ3n) is 27.3. The van der Waals surface area contributed by atoms with Gasteiger partial charge in [-0.3, -0.25) is 13.7 Å². The van der Waals surface area contributed by atoms with Crippen LogP contribution >= 0.6 is 0 Å². The molecule has 6 heterocycles. The van der Waals surface area contributed by atoms with Crippen LogP contribution in [0.2, 0.25) is 0 Å². The Morgan fingerprint density at radius 1 is 0.200 bits per heavy atom. The number of benzene rings is 17. The van der Waals surface area contributed by atoms with Crippen molar-refractivity contribution in [3.05, 3.63) is 446 Å². The molecule has 23 aromatic rings. The van der Waals surface area contributed by atoms with Gasteiger partial charge in [0.15, 0.2) is 17.5 Å². The Morgan fingerprint density at radius 3 is 1.02 bits per heavy atom. The highest BCUT2D eigenvalue weighted by molar-refractivity contribution is 6.21. The summed E-state index contributed by atoms with van der Waals surface area (Å²) >= 11 is 0. The molecular weight excluding hydrogens is 1580 g/mol. The highest BCUT2D eigenvalue weighted by Gasteiger charge is 2.41. The molecule has 0 amide bonds. The molecule has 130 heavy (non-hydrogen) atoms. The first kappa shape index (κ1) is 77.2. The van der Waals surface area contributed by atoms with E-state index in [1.165, 1.54) is 116 Å². The maximum absolute atomic E-state index is 5.32. The van der Waals surface area contributed by atoms with E-state index in [0.717, 1.165) is 100 Å². The van der Waals surface area contributed by atoms with E-state index in [4.69, 9.17) is 34.9 Å². The second-order valence-electron chi connectivity index (χ2n) is 35.8. The van der Waals surface area contributed by atoms with Gasteiger partial charge in [0.2, 0.25) is 11.9 Å². The molecule has 3 aliphatic rings. The number of hydrogen-bond acceptors (Lipinski definition) is 7. The molecule has 0 saturated carbocycles. The molecule has 3 aliphatic carbocycles. The summed E-state index contributed by atoms with van der Waals surface area (Å²) in [6.45, 7) is 14.0. The van der Waals surface area contributed by atoms with Crippen LogP contribution in [0.4, 0.5) is 0 Å². The van der Waals surface area contributed by atoms with Gasteiger partial charge in [-0.05, 0) is 156 Å². The second kappa shape index (κ2) is 30.4. The van der Waals surface area contributed by atoms with Crippen molar-refractivity contribution in [1.82, 2.24) is 48.6 Å². The standard InChI is InChI=1S/C43H31N3.C42H30N4.C35H25N3/c1-43(2)34-22-11-9-20-32(34)40-35(43)24-25-39-41(40)33-21-10-12-23-38(33)46(39)42-44-36(29-16-7-4-8-17-29)27-37(45-42)31-19-13-18-30(26-31)28-14-5-3-6-15-28;1-42(2)33-21-13-12-20-31(33)37-34(42)23-25-36-38(37)32-26-30(27-14-6-3-7-15-27)22-24-35(32)46(36)41-44-39(28-16-8-4-9-17-28)43-40(45-41)29-18-10-5-11-19-29;1-35(2)25-16-8-6-14-23(25)31-26(35)20-21-30-32(31)24-15-7-11-19-29(24)38(30)34-33(22-12-4-3-5-13-22)36-27-17-9-10-18-28(27)37-34/h3-27H,1-2H3;3-26H,1-2H3;3-21H,1-2H3. The molecule has 10 heteroatoms. The Labute approximate surface area is 753 Å². The van der Waals surface area contributed by atoms with E-state index in [2.05, 4.69) is 395 Å². The molecule has 0 saturated heterocycles. The Kier molecular flexibility index (Phi) is 18.1. The average Bonchev–Trinajstić information content (AvgIpc) is 1.54. The zero-order valence-corrected chi connectivity index (χ0v) is 72.7. The number of para-hydroxylation sites is 4. The second-order valence-corrected chi connectivity index (χ2v) is 35.8. The van der Waals surface area contributed by atoms with Gasteiger partial charge in [-0.2, -0.15) is 9.97 Å². The fourth-order valence-electron chi connectivity index (χ4n) is 21.0. The Morgan fingerprint density at radius 2 is 0.538 bits per heavy atom. The molecule has 0 unspecified atom stereocenters. The number of hydrogen-bond donors (Lipinski definition) is 0. The summed E-state index contributed by atoms with van der Waals surface area (Å²) in [6.07, 6.45) is 0. The smallest absolute Gasteiger partial charge is 0.238 e. The average molecular weight is 1670 g/mol. The zero-order valence-electron chi connectivity index (χ0n) is 72.7. The summed E-state index contributed by atoms with van der Waals surface area (Å²) in [6, 6.07) is 146. The summed E-state index contributed by atoms with van der Waals surface area (Å²) in [4.78, 5) is 36.3. The third-order valence-corrected chi connectivity index (χ3v) is 27.3. The van der Waals surface area contributed by atoms with E-state index in [1.54, 1.807) is 0 Å². The molecule has 616 valence electrons. The largest absolute Gasteiger partial charge is 0.292 e. The van der Waals surface area contributed by atoms with Gasteiger partial charge in [-0.1, -0.05) is 387 Å². The quantitative estimate of drug-likeness (QED) is 0.134. The van der Waals surface area contributed by atoms with Crippen molar-refractivity contribution in [2.75, 3.05) is 0 Å². The molecule has 0 atom stereocenters. The highest BCUT2D eigenvalue weighted by atomic mass is 15.2. The minimum Gasteiger partial charge on any atom is -0.292 e. The van der Waals surface area contributed by atoms with E-state index >= 15 is 0 Å². The van der Waals surface area contributed by atoms with Crippen LogP contribution < -0.4 is 0 Å². The van der Waals surface area contributed by atoms with Crippen molar-refractivity contribution in [2.24, 2.45) is 0 Å². The fourth-order valence-corrected chi connectivity index (χ4v) is 21.0. The van der Waals surface area contributed by atoms with E-state index in [9.17, 15) is 0 Å². The predicted molar refractivity (Wildman–Crippen MR) is 535 cm³/mol. The molecule has 10 nitrogen and oxygen atoms in total. The molecule has 0 radical (unpaired) electrons. The van der Waals surface area contributed by atoms with Crippen LogP contribution in [0.1, 0.15) is 74.9 Å². The molecule has 0 bridgehead atoms. The maximum Gasteiger partial charge on any atom is 0.238 e. The number of nitrogens with zero attached hydrogens (tertiary/aromatic N) is 10. The van der Waals surface area contributed by atoms with Crippen LogP contribution in [0.5, 0.6) is 0 Å². The first-order valence-corrected chi connectivity index (χ1v) is 44.7. The molecule has 0 fully saturated rings. The fraction of sp³-hybridized carbons (Fsp3) is 0.0750. The van der Waals surface area contributed by atoms with Crippen LogP contribution in [-0.2, 0) is 16.2 Å². The SMILES string of the molecule is CC1(C)c2ccccc2-c2c1ccc1c2c2cc(-c3ccccc3)ccc2n1-c1nc(-c2ccccc2)nc(-c2ccccc2)n1.CC1(C)c2ccccc2-c2c1ccc1c2c2ccccc2n1-c1nc(-c2ccccc2)cc(-c2cccc(-c3ccccc3)c2)n1.CC1(C)c2ccccc2-c2c1ccc1c2c2ccccc2n1-c1nc2ccccc2nc1-c1ccccc1. The van der Waals surface area contributed by atoms with Crippen LogP contribution in [0.25, 0.3) is 206 Å². The van der Waals surface area contributed by atoms with Gasteiger partial charge in [-0.25, -0.2) is 24.9 Å². The molecule has 26 rings (SSSR count). The van der Waals surface area contributed by atoms with Crippen LogP contribution in [0.15, 0.2) is 413 Å². The molecule has 6 aromatic heterocycles. The topological polar surface area (TPSA) is 105 Å². The van der Waals surface area contributed by atoms with Crippen molar-refractivity contribution >= 4 is 76.5 Å². The third kappa shape index (κ3) is 12.4. The lowest BCUT2D eigenvalue weighted by molar-refractivity contribution is 0.660. The molecular formula is C120H86N10. The summed E-state index contributed by atoms with van der Waals surface area (Å²) in [5.41, 5.74) is 36.7. The summed E-state index contributed by atoms with van der Waals surface area (Å²) in [7, 11) is 0. The summed E-state index contributed by atoms with van der Waals surface area (Å²) in [5.74, 6) is 3.41. The first-order valence-electron chi connectivity index (χ1n) is 44.7. The van der Waals surface area contributed by atoms with E-state index < -0.39 is 0 Å². The molecule has 0 aliphatic heterocycles. The lowest BCUT2D eigenvalue weighted by Gasteiger charge is -2.21. The minimum atomic E-state index is -0.111. The number of fused-ring (bicyclic) bond motifs is 22. The molecule has 17 aromatic carbocycles. The zero-order chi connectivity index (χ0) is 87.1. The normalized spacial score (nSPS) is 13.3. The Bertz CT molecular complexity index is 8420. The first-order chi connectivity index (χ1) is 63.8. The number of rotatable bonds is 10. The van der Waals surface area contributed by atoms with E-state index in [0.29, 0.717) is 23.5 Å². The van der Waals surface area contributed by atoms with Crippen molar-refractivity contribution < 1.29 is 0 Å². The van der Waals surface area contributed by atoms with Gasteiger partial charge < -0.3 is 0 Å². The van der Waals surface area contributed by atoms with Crippen molar-refractivity contribution in [2.45, 2.75) is 57.8 Å². The Balaban J connectivity index is 0.000000109. The van der Waals surface area contributed by atoms with Gasteiger partial charge in [0.25, 0.3) is 0 Å². The molecule has 0 N–H and O–H groups in total. The minimum absolute atomic E-state index is 0.0543. The monoisotopic (exact) mass is 1670 g/mol. The number of aromatic nitrogens is 10. The van der Waals surface area contributed by atoms with Gasteiger partial charge in [0.05, 0.1) is 55.5 Å². The van der Waals surface area contributed by atoms with Crippen molar-refractivity contribution in [3.8, 4) is 130 Å². The summed E-state index contributed by atoms with van der Waals surface area (Å²) < 4.78 is 6.81. The van der Waals surface area contributed by atoms with E-state index in [-0.39, 0.29) is 16.2 Å². The van der Waals surface area contributed by atoms with Gasteiger partial charge >= 0.3 is 0 Å². The van der Waals surface area contributed by atoms with Crippen LogP contribution in [0.3, 0.4) is 0 Å². The summed E-state index contributed by atoms with van der Waals surface area (Å²) in [5, 5.41) is 7.40. The lowest BCUT2D eigenvalue weighted by atomic mass is 9.82. The predicted octanol–water partition coefficient (Wildman–Crippen LogP) is 29.9. The van der Waals surface area contributed by atoms with Gasteiger partial charge in [-0.15, -0.1) is 0 Å². The Hall–Kier alpha value is -16.4.